The molecule has 1 aliphatic rings. The van der Waals surface area contributed by atoms with Gasteiger partial charge in [-0.25, -0.2) is 0 Å². The van der Waals surface area contributed by atoms with E-state index in [2.05, 4.69) is 0 Å². The molecule has 2 N–H and O–H groups in total. The first-order chi connectivity index (χ1) is 4.43. The van der Waals surface area contributed by atoms with Gasteiger partial charge in [-0.3, -0.25) is 0 Å². The summed E-state index contributed by atoms with van der Waals surface area (Å²) in [7, 11) is 0. The third kappa shape index (κ3) is 2.33. The molecule has 1 fully saturated rings. The molecule has 9 heavy (non-hydrogen) atoms. The second kappa shape index (κ2) is 3.85. The minimum atomic E-state index is 0.659. The van der Waals surface area contributed by atoms with Crippen molar-refractivity contribution in [2.75, 3.05) is 19.8 Å². The molecule has 0 unspecified atom stereocenters. The Morgan fingerprint density at radius 3 is 2.67 bits per heavy atom. The fourth-order valence-corrected chi connectivity index (χ4v) is 0.993. The summed E-state index contributed by atoms with van der Waals surface area (Å²) in [5, 5.41) is 0. The standard InChI is InChI=1S/C7H15NO/c8-4-5-9-6-7-2-1-3-7/h7H,1-6,8H2. The number of hydrogen-bond acceptors (Lipinski definition) is 2. The van der Waals surface area contributed by atoms with E-state index >= 15 is 0 Å². The molecule has 0 aromatic heterocycles. The predicted molar refractivity (Wildman–Crippen MR) is 37.2 cm³/mol. The largest absolute Gasteiger partial charge is 0.380 e. The molecule has 2 nitrogen and oxygen atoms in total. The van der Waals surface area contributed by atoms with Gasteiger partial charge < -0.3 is 10.5 Å². The SMILES string of the molecule is NCCOCC1CCC1. The van der Waals surface area contributed by atoms with Crippen molar-refractivity contribution in [3.8, 4) is 0 Å². The van der Waals surface area contributed by atoms with Gasteiger partial charge in [-0.15, -0.1) is 0 Å². The molecule has 0 amide bonds. The molecule has 0 aliphatic heterocycles. The van der Waals surface area contributed by atoms with Gasteiger partial charge in [0.15, 0.2) is 0 Å². The lowest BCUT2D eigenvalue weighted by Gasteiger charge is -2.24. The molecular weight excluding hydrogens is 114 g/mol. The van der Waals surface area contributed by atoms with E-state index in [1.807, 2.05) is 0 Å². The zero-order valence-electron chi connectivity index (χ0n) is 5.81. The second-order valence-corrected chi connectivity index (χ2v) is 2.66. The summed E-state index contributed by atoms with van der Waals surface area (Å²) in [5.74, 6) is 0.858. The Hall–Kier alpha value is -0.0800. The first kappa shape index (κ1) is 7.03. The van der Waals surface area contributed by atoms with Crippen molar-refractivity contribution >= 4 is 0 Å². The van der Waals surface area contributed by atoms with Crippen molar-refractivity contribution in [1.82, 2.24) is 0 Å². The van der Waals surface area contributed by atoms with Crippen molar-refractivity contribution in [3.05, 3.63) is 0 Å². The zero-order chi connectivity index (χ0) is 6.53. The fraction of sp³-hybridized carbons (Fsp3) is 1.00. The Balaban J connectivity index is 1.80. The molecular formula is C7H15NO. The van der Waals surface area contributed by atoms with Crippen LogP contribution in [0.3, 0.4) is 0 Å². The highest BCUT2D eigenvalue weighted by Gasteiger charge is 2.16. The molecule has 0 radical (unpaired) electrons. The summed E-state index contributed by atoms with van der Waals surface area (Å²) >= 11 is 0. The topological polar surface area (TPSA) is 35.2 Å². The van der Waals surface area contributed by atoms with Gasteiger partial charge in [0, 0.05) is 13.2 Å². The molecule has 0 heterocycles. The van der Waals surface area contributed by atoms with Crippen LogP contribution in [0.1, 0.15) is 19.3 Å². The van der Waals surface area contributed by atoms with E-state index in [1.165, 1.54) is 19.3 Å². The summed E-state index contributed by atoms with van der Waals surface area (Å²) in [6.07, 6.45) is 4.13. The van der Waals surface area contributed by atoms with E-state index in [9.17, 15) is 0 Å². The molecule has 0 bridgehead atoms. The molecule has 0 atom stereocenters. The summed E-state index contributed by atoms with van der Waals surface area (Å²) in [5.41, 5.74) is 5.25. The van der Waals surface area contributed by atoms with Crippen LogP contribution in [0.4, 0.5) is 0 Å². The number of rotatable bonds is 4. The molecule has 2 heteroatoms. The van der Waals surface area contributed by atoms with Crippen LogP contribution in [-0.4, -0.2) is 19.8 Å². The number of nitrogens with two attached hydrogens (primary N) is 1. The maximum absolute atomic E-state index is 5.26. The number of ether oxygens (including phenoxy) is 1. The molecule has 0 saturated heterocycles. The zero-order valence-corrected chi connectivity index (χ0v) is 5.81. The molecule has 54 valence electrons. The third-order valence-corrected chi connectivity index (χ3v) is 1.84. The molecule has 0 aromatic rings. The van der Waals surface area contributed by atoms with Gasteiger partial charge in [0.05, 0.1) is 6.61 Å². The van der Waals surface area contributed by atoms with Crippen molar-refractivity contribution < 1.29 is 4.74 Å². The van der Waals surface area contributed by atoms with E-state index in [-0.39, 0.29) is 0 Å². The Morgan fingerprint density at radius 2 is 2.22 bits per heavy atom. The van der Waals surface area contributed by atoms with Crippen LogP contribution in [0.25, 0.3) is 0 Å². The lowest BCUT2D eigenvalue weighted by atomic mass is 9.86. The van der Waals surface area contributed by atoms with Crippen molar-refractivity contribution in [2.24, 2.45) is 11.7 Å². The second-order valence-electron chi connectivity index (χ2n) is 2.66. The summed E-state index contributed by atoms with van der Waals surface area (Å²) in [6.45, 7) is 2.33. The molecule has 0 spiro atoms. The first-order valence-corrected chi connectivity index (χ1v) is 3.71. The van der Waals surface area contributed by atoms with Gasteiger partial charge in [-0.1, -0.05) is 6.42 Å². The van der Waals surface area contributed by atoms with Gasteiger partial charge in [-0.2, -0.15) is 0 Å². The van der Waals surface area contributed by atoms with E-state index in [0.29, 0.717) is 6.54 Å². The minimum absolute atomic E-state index is 0.659. The molecule has 1 aliphatic carbocycles. The maximum atomic E-state index is 5.26. The lowest BCUT2D eigenvalue weighted by molar-refractivity contribution is 0.0752. The minimum Gasteiger partial charge on any atom is -0.380 e. The fourth-order valence-electron chi connectivity index (χ4n) is 0.993. The van der Waals surface area contributed by atoms with E-state index < -0.39 is 0 Å². The summed E-state index contributed by atoms with van der Waals surface area (Å²) < 4.78 is 5.26. The highest BCUT2D eigenvalue weighted by Crippen LogP contribution is 2.25. The average molecular weight is 129 g/mol. The van der Waals surface area contributed by atoms with Gasteiger partial charge in [-0.05, 0) is 18.8 Å². The lowest BCUT2D eigenvalue weighted by Crippen LogP contribution is -2.19. The quantitative estimate of drug-likeness (QED) is 0.569. The van der Waals surface area contributed by atoms with E-state index in [4.69, 9.17) is 10.5 Å². The van der Waals surface area contributed by atoms with E-state index in [0.717, 1.165) is 19.1 Å². The third-order valence-electron chi connectivity index (χ3n) is 1.84. The van der Waals surface area contributed by atoms with E-state index in [1.54, 1.807) is 0 Å². The van der Waals surface area contributed by atoms with Crippen molar-refractivity contribution in [1.29, 1.82) is 0 Å². The first-order valence-electron chi connectivity index (χ1n) is 3.71. The summed E-state index contributed by atoms with van der Waals surface area (Å²) in [4.78, 5) is 0. The van der Waals surface area contributed by atoms with Crippen LogP contribution < -0.4 is 5.73 Å². The van der Waals surface area contributed by atoms with Gasteiger partial charge in [0.25, 0.3) is 0 Å². The Bertz CT molecular complexity index is 71.3. The monoisotopic (exact) mass is 129 g/mol. The van der Waals surface area contributed by atoms with Crippen LogP contribution in [0.2, 0.25) is 0 Å². The van der Waals surface area contributed by atoms with Crippen LogP contribution in [0.5, 0.6) is 0 Å². The van der Waals surface area contributed by atoms with Crippen molar-refractivity contribution in [2.45, 2.75) is 19.3 Å². The average Bonchev–Trinajstić information content (AvgIpc) is 1.76. The normalized spacial score (nSPS) is 19.7. The van der Waals surface area contributed by atoms with Crippen LogP contribution in [-0.2, 0) is 4.74 Å². The van der Waals surface area contributed by atoms with Crippen molar-refractivity contribution in [3.63, 3.8) is 0 Å². The molecule has 1 saturated carbocycles. The Labute approximate surface area is 56.4 Å². The number of hydrogen-bond donors (Lipinski definition) is 1. The van der Waals surface area contributed by atoms with Crippen LogP contribution in [0.15, 0.2) is 0 Å². The molecule has 1 rings (SSSR count). The molecule has 0 aromatic carbocycles. The summed E-state index contributed by atoms with van der Waals surface area (Å²) in [6, 6.07) is 0. The predicted octanol–water partition coefficient (Wildman–Crippen LogP) is 0.762. The highest BCUT2D eigenvalue weighted by atomic mass is 16.5. The highest BCUT2D eigenvalue weighted by molar-refractivity contribution is 4.68. The van der Waals surface area contributed by atoms with Crippen LogP contribution in [0, 0.1) is 5.92 Å². The smallest absolute Gasteiger partial charge is 0.0588 e. The van der Waals surface area contributed by atoms with Crippen LogP contribution >= 0.6 is 0 Å². The Kier molecular flexibility index (Phi) is 3.01. The van der Waals surface area contributed by atoms with Gasteiger partial charge >= 0.3 is 0 Å². The van der Waals surface area contributed by atoms with Gasteiger partial charge in [0.1, 0.15) is 0 Å². The van der Waals surface area contributed by atoms with Gasteiger partial charge in [0.2, 0.25) is 0 Å². The maximum Gasteiger partial charge on any atom is 0.0588 e. The Morgan fingerprint density at radius 1 is 1.44 bits per heavy atom.